The van der Waals surface area contributed by atoms with Crippen molar-refractivity contribution in [2.45, 2.75) is 13.3 Å². The van der Waals surface area contributed by atoms with Gasteiger partial charge in [0.25, 0.3) is 0 Å². The summed E-state index contributed by atoms with van der Waals surface area (Å²) >= 11 is 0. The van der Waals surface area contributed by atoms with Gasteiger partial charge in [0.2, 0.25) is 5.91 Å². The van der Waals surface area contributed by atoms with Gasteiger partial charge in [-0.15, -0.1) is 0 Å². The lowest BCUT2D eigenvalue weighted by Crippen LogP contribution is -2.13. The van der Waals surface area contributed by atoms with Crippen LogP contribution in [0.15, 0.2) is 67.1 Å². The smallest absolute Gasteiger partial charge is 0.243 e. The van der Waals surface area contributed by atoms with Gasteiger partial charge in [-0.25, -0.2) is 4.98 Å². The van der Waals surface area contributed by atoms with Crippen LogP contribution < -0.4 is 5.32 Å². The molecule has 0 aliphatic carbocycles. The number of hydrogen-bond donors (Lipinski definition) is 2. The molecule has 3 heterocycles. The number of carbonyl (C=O) groups is 1. The molecule has 5 heteroatoms. The van der Waals surface area contributed by atoms with Crippen molar-refractivity contribution in [3.63, 3.8) is 0 Å². The van der Waals surface area contributed by atoms with E-state index < -0.39 is 0 Å². The molecule has 1 amide bonds. The second-order valence-corrected chi connectivity index (χ2v) is 6.78. The van der Waals surface area contributed by atoms with Crippen LogP contribution in [0.2, 0.25) is 0 Å². The standard InChI is InChI=1S/C24H22N4O/c1-3-20-12-18(9-10-26-20)22-15-28-24-21(22)13-19(14-27-24)17-6-4-5-16(11-17)7-8-23(29)25-2/h4-15H,3H2,1-2H3,(H,25,29)(H,27,28)/b8-7+. The zero-order valence-corrected chi connectivity index (χ0v) is 16.4. The minimum absolute atomic E-state index is 0.126. The summed E-state index contributed by atoms with van der Waals surface area (Å²) in [6.07, 6.45) is 9.95. The molecule has 1 aromatic carbocycles. The molecule has 4 aromatic rings. The fourth-order valence-corrected chi connectivity index (χ4v) is 3.32. The number of aryl methyl sites for hydroxylation is 1. The molecule has 2 N–H and O–H groups in total. The van der Waals surface area contributed by atoms with E-state index >= 15 is 0 Å². The molecular weight excluding hydrogens is 360 g/mol. The Morgan fingerprint density at radius 3 is 2.83 bits per heavy atom. The van der Waals surface area contributed by atoms with E-state index in [0.717, 1.165) is 51.0 Å². The van der Waals surface area contributed by atoms with Crippen LogP contribution in [0.4, 0.5) is 0 Å². The molecule has 0 unspecified atom stereocenters. The van der Waals surface area contributed by atoms with Gasteiger partial charge in [-0.1, -0.05) is 25.1 Å². The lowest BCUT2D eigenvalue weighted by molar-refractivity contribution is -0.115. The number of nitrogens with zero attached hydrogens (tertiary/aromatic N) is 2. The van der Waals surface area contributed by atoms with Crippen molar-refractivity contribution in [2.24, 2.45) is 0 Å². The number of aromatic nitrogens is 3. The first-order valence-corrected chi connectivity index (χ1v) is 9.60. The van der Waals surface area contributed by atoms with Crippen molar-refractivity contribution in [1.29, 1.82) is 0 Å². The van der Waals surface area contributed by atoms with Crippen LogP contribution >= 0.6 is 0 Å². The Morgan fingerprint density at radius 1 is 1.10 bits per heavy atom. The first-order chi connectivity index (χ1) is 14.2. The van der Waals surface area contributed by atoms with E-state index in [9.17, 15) is 4.79 Å². The zero-order valence-electron chi connectivity index (χ0n) is 16.4. The Hall–Kier alpha value is -3.73. The predicted molar refractivity (Wildman–Crippen MR) is 117 cm³/mol. The normalized spacial score (nSPS) is 11.2. The quantitative estimate of drug-likeness (QED) is 0.495. The minimum Gasteiger partial charge on any atom is -0.356 e. The van der Waals surface area contributed by atoms with Crippen LogP contribution in [-0.4, -0.2) is 27.9 Å². The van der Waals surface area contributed by atoms with Gasteiger partial charge in [0.05, 0.1) is 0 Å². The Balaban J connectivity index is 1.74. The largest absolute Gasteiger partial charge is 0.356 e. The number of carbonyl (C=O) groups excluding carboxylic acids is 1. The maximum absolute atomic E-state index is 11.5. The maximum atomic E-state index is 11.5. The van der Waals surface area contributed by atoms with Gasteiger partial charge in [0, 0.05) is 53.9 Å². The summed E-state index contributed by atoms with van der Waals surface area (Å²) in [5.41, 5.74) is 7.20. The van der Waals surface area contributed by atoms with Gasteiger partial charge in [-0.05, 0) is 53.5 Å². The van der Waals surface area contributed by atoms with Gasteiger partial charge >= 0.3 is 0 Å². The lowest BCUT2D eigenvalue weighted by atomic mass is 10.0. The predicted octanol–water partition coefficient (Wildman–Crippen LogP) is 4.61. The molecule has 0 atom stereocenters. The molecule has 0 radical (unpaired) electrons. The third-order valence-electron chi connectivity index (χ3n) is 4.91. The van der Waals surface area contributed by atoms with Gasteiger partial charge in [-0.3, -0.25) is 9.78 Å². The monoisotopic (exact) mass is 382 g/mol. The second kappa shape index (κ2) is 8.10. The van der Waals surface area contributed by atoms with Crippen molar-refractivity contribution in [1.82, 2.24) is 20.3 Å². The van der Waals surface area contributed by atoms with E-state index in [1.54, 1.807) is 13.1 Å². The summed E-state index contributed by atoms with van der Waals surface area (Å²) in [5.74, 6) is -0.126. The van der Waals surface area contributed by atoms with E-state index in [1.807, 2.05) is 42.9 Å². The molecule has 0 saturated heterocycles. The van der Waals surface area contributed by atoms with E-state index in [1.165, 1.54) is 6.08 Å². The average Bonchev–Trinajstić information content (AvgIpc) is 3.21. The van der Waals surface area contributed by atoms with Crippen LogP contribution in [0.3, 0.4) is 0 Å². The molecule has 0 aliphatic heterocycles. The number of likely N-dealkylation sites (N-methyl/N-ethyl adjacent to an activating group) is 1. The topological polar surface area (TPSA) is 70.7 Å². The third kappa shape index (κ3) is 3.94. The Labute approximate surface area is 169 Å². The molecule has 0 fully saturated rings. The van der Waals surface area contributed by atoms with Crippen LogP contribution in [0, 0.1) is 0 Å². The van der Waals surface area contributed by atoms with Crippen LogP contribution in [0.25, 0.3) is 39.4 Å². The summed E-state index contributed by atoms with van der Waals surface area (Å²) in [6, 6.07) is 14.4. The lowest BCUT2D eigenvalue weighted by Gasteiger charge is -2.05. The molecule has 144 valence electrons. The number of benzene rings is 1. The fraction of sp³-hybridized carbons (Fsp3) is 0.125. The number of pyridine rings is 2. The van der Waals surface area contributed by atoms with Crippen LogP contribution in [0.1, 0.15) is 18.2 Å². The first-order valence-electron chi connectivity index (χ1n) is 9.60. The van der Waals surface area contributed by atoms with E-state index in [0.29, 0.717) is 0 Å². The molecule has 0 spiro atoms. The Kier molecular flexibility index (Phi) is 5.20. The molecule has 0 aliphatic rings. The summed E-state index contributed by atoms with van der Waals surface area (Å²) in [5, 5.41) is 3.66. The van der Waals surface area contributed by atoms with Crippen molar-refractivity contribution >= 4 is 23.0 Å². The molecular formula is C24H22N4O. The highest BCUT2D eigenvalue weighted by Crippen LogP contribution is 2.31. The molecule has 0 saturated carbocycles. The molecule has 0 bridgehead atoms. The van der Waals surface area contributed by atoms with Crippen molar-refractivity contribution in [3.05, 3.63) is 78.4 Å². The highest BCUT2D eigenvalue weighted by molar-refractivity contribution is 5.96. The number of rotatable bonds is 5. The highest BCUT2D eigenvalue weighted by atomic mass is 16.1. The van der Waals surface area contributed by atoms with Crippen molar-refractivity contribution in [3.8, 4) is 22.3 Å². The van der Waals surface area contributed by atoms with Gasteiger partial charge in [0.15, 0.2) is 0 Å². The first kappa shape index (κ1) is 18.6. The summed E-state index contributed by atoms with van der Waals surface area (Å²) in [4.78, 5) is 23.7. The number of hydrogen-bond acceptors (Lipinski definition) is 3. The van der Waals surface area contributed by atoms with E-state index in [-0.39, 0.29) is 5.91 Å². The van der Waals surface area contributed by atoms with Crippen molar-refractivity contribution in [2.75, 3.05) is 7.05 Å². The molecule has 3 aromatic heterocycles. The van der Waals surface area contributed by atoms with E-state index in [2.05, 4.69) is 45.4 Å². The van der Waals surface area contributed by atoms with E-state index in [4.69, 9.17) is 0 Å². The average molecular weight is 382 g/mol. The molecule has 5 nitrogen and oxygen atoms in total. The summed E-state index contributed by atoms with van der Waals surface area (Å²) < 4.78 is 0. The fourth-order valence-electron chi connectivity index (χ4n) is 3.32. The van der Waals surface area contributed by atoms with Gasteiger partial charge < -0.3 is 10.3 Å². The maximum Gasteiger partial charge on any atom is 0.243 e. The SMILES string of the molecule is CCc1cc(-c2c[nH]c3ncc(-c4cccc(/C=C/C(=O)NC)c4)cc23)ccn1. The highest BCUT2D eigenvalue weighted by Gasteiger charge is 2.10. The number of nitrogens with one attached hydrogen (secondary N) is 2. The van der Waals surface area contributed by atoms with Gasteiger partial charge in [-0.2, -0.15) is 0 Å². The number of aromatic amines is 1. The summed E-state index contributed by atoms with van der Waals surface area (Å²) in [7, 11) is 1.62. The number of amides is 1. The second-order valence-electron chi connectivity index (χ2n) is 6.78. The van der Waals surface area contributed by atoms with Gasteiger partial charge in [0.1, 0.15) is 5.65 Å². The Morgan fingerprint density at radius 2 is 2.00 bits per heavy atom. The van der Waals surface area contributed by atoms with Crippen LogP contribution in [-0.2, 0) is 11.2 Å². The number of H-pyrrole nitrogens is 1. The Bertz CT molecular complexity index is 1210. The molecule has 4 rings (SSSR count). The zero-order chi connectivity index (χ0) is 20.2. The third-order valence-corrected chi connectivity index (χ3v) is 4.91. The summed E-state index contributed by atoms with van der Waals surface area (Å²) in [6.45, 7) is 2.10. The van der Waals surface area contributed by atoms with Crippen LogP contribution in [0.5, 0.6) is 0 Å². The van der Waals surface area contributed by atoms with Crippen molar-refractivity contribution < 1.29 is 4.79 Å². The molecule has 29 heavy (non-hydrogen) atoms. The number of fused-ring (bicyclic) bond motifs is 1. The minimum atomic E-state index is -0.126.